The molecule has 140 valence electrons. The molecule has 1 aromatic rings. The number of amides is 2. The molecule has 0 radical (unpaired) electrons. The van der Waals surface area contributed by atoms with Gasteiger partial charge in [-0.15, -0.1) is 12.4 Å². The quantitative estimate of drug-likeness (QED) is 0.771. The minimum Gasteiger partial charge on any atom is -0.349 e. The normalized spacial score (nSPS) is 16.8. The van der Waals surface area contributed by atoms with Crippen LogP contribution >= 0.6 is 28.3 Å². The third-order valence-corrected chi connectivity index (χ3v) is 4.98. The predicted octanol–water partition coefficient (Wildman–Crippen LogP) is 2.97. The minimum atomic E-state index is -0.494. The van der Waals surface area contributed by atoms with Gasteiger partial charge < -0.3 is 16.0 Å². The highest BCUT2D eigenvalue weighted by Gasteiger charge is 2.33. The van der Waals surface area contributed by atoms with Gasteiger partial charge in [0.1, 0.15) is 0 Å². The van der Waals surface area contributed by atoms with E-state index in [2.05, 4.69) is 21.2 Å². The first-order valence-corrected chi connectivity index (χ1v) is 9.08. The molecule has 1 aromatic carbocycles. The molecule has 1 heterocycles. The molecule has 3 N–H and O–H groups in total. The average Bonchev–Trinajstić information content (AvgIpc) is 2.54. The summed E-state index contributed by atoms with van der Waals surface area (Å²) in [5.74, 6) is -0.0705. The molecule has 0 aliphatic carbocycles. The molecule has 1 aliphatic heterocycles. The molecule has 1 unspecified atom stereocenters. The van der Waals surface area contributed by atoms with Crippen molar-refractivity contribution in [1.29, 1.82) is 0 Å². The van der Waals surface area contributed by atoms with Crippen LogP contribution in [0.25, 0.3) is 0 Å². The molecule has 0 aromatic heterocycles. The summed E-state index contributed by atoms with van der Waals surface area (Å²) in [5, 5.41) is 3.05. The van der Waals surface area contributed by atoms with Crippen LogP contribution in [-0.2, 0) is 4.79 Å². The van der Waals surface area contributed by atoms with Crippen LogP contribution in [-0.4, -0.2) is 41.9 Å². The Morgan fingerprint density at radius 1 is 1.20 bits per heavy atom. The summed E-state index contributed by atoms with van der Waals surface area (Å²) in [7, 11) is 0. The Labute approximate surface area is 164 Å². The van der Waals surface area contributed by atoms with Gasteiger partial charge in [-0.1, -0.05) is 36.7 Å². The minimum absolute atomic E-state index is 0. The second-order valence-electron chi connectivity index (χ2n) is 7.42. The highest BCUT2D eigenvalue weighted by molar-refractivity contribution is 9.10. The first-order valence-electron chi connectivity index (χ1n) is 8.29. The highest BCUT2D eigenvalue weighted by Crippen LogP contribution is 2.21. The fourth-order valence-electron chi connectivity index (χ4n) is 2.68. The van der Waals surface area contributed by atoms with Crippen molar-refractivity contribution < 1.29 is 9.59 Å². The Morgan fingerprint density at radius 3 is 2.20 bits per heavy atom. The van der Waals surface area contributed by atoms with Gasteiger partial charge in [0.25, 0.3) is 5.91 Å². The number of hydrogen-bond donors (Lipinski definition) is 2. The van der Waals surface area contributed by atoms with E-state index in [0.717, 1.165) is 17.3 Å². The average molecular weight is 433 g/mol. The summed E-state index contributed by atoms with van der Waals surface area (Å²) in [6.07, 6.45) is 1.51. The number of carbonyl (C=O) groups is 2. The smallest absolute Gasteiger partial charge is 0.251 e. The molecule has 2 rings (SSSR count). The van der Waals surface area contributed by atoms with Crippen LogP contribution in [0.3, 0.4) is 0 Å². The van der Waals surface area contributed by atoms with E-state index in [4.69, 9.17) is 5.73 Å². The summed E-state index contributed by atoms with van der Waals surface area (Å²) < 4.78 is 0.945. The van der Waals surface area contributed by atoms with Crippen LogP contribution in [0.5, 0.6) is 0 Å². The molecule has 0 bridgehead atoms. The van der Waals surface area contributed by atoms with E-state index in [1.807, 2.05) is 37.8 Å². The Bertz CT molecular complexity index is 593. The van der Waals surface area contributed by atoms with Gasteiger partial charge >= 0.3 is 0 Å². The zero-order valence-electron chi connectivity index (χ0n) is 14.9. The fraction of sp³-hybridized carbons (Fsp3) is 0.556. The van der Waals surface area contributed by atoms with E-state index >= 15 is 0 Å². The molecule has 0 saturated carbocycles. The monoisotopic (exact) mass is 431 g/mol. The van der Waals surface area contributed by atoms with Crippen molar-refractivity contribution in [2.45, 2.75) is 45.7 Å². The second-order valence-corrected chi connectivity index (χ2v) is 8.34. The number of hydrogen-bond acceptors (Lipinski definition) is 3. The maximum atomic E-state index is 12.4. The van der Waals surface area contributed by atoms with Crippen molar-refractivity contribution in [3.63, 3.8) is 0 Å². The van der Waals surface area contributed by atoms with Gasteiger partial charge in [0.2, 0.25) is 5.91 Å². The number of likely N-dealkylation sites (tertiary alicyclic amines) is 1. The molecule has 1 aliphatic rings. The standard InChI is InChI=1S/C18H26BrN3O2.ClH/c1-18(2,3)15(20)17(24)22-10-8-14(9-11-22)21-16(23)12-4-6-13(19)7-5-12;/h4-7,14-15H,8-11,20H2,1-3H3,(H,21,23);1H. The second kappa shape index (κ2) is 9.01. The SMILES string of the molecule is CC(C)(C)C(N)C(=O)N1CCC(NC(=O)c2ccc(Br)cc2)CC1.Cl. The largest absolute Gasteiger partial charge is 0.349 e. The summed E-state index contributed by atoms with van der Waals surface area (Å²) in [5.41, 5.74) is 6.46. The van der Waals surface area contributed by atoms with Crippen LogP contribution in [0, 0.1) is 5.41 Å². The number of benzene rings is 1. The third kappa shape index (κ3) is 5.97. The van der Waals surface area contributed by atoms with Gasteiger partial charge in [-0.25, -0.2) is 0 Å². The van der Waals surface area contributed by atoms with E-state index in [1.165, 1.54) is 0 Å². The number of halogens is 2. The molecule has 1 fully saturated rings. The Kier molecular flexibility index (Phi) is 7.90. The topological polar surface area (TPSA) is 75.4 Å². The van der Waals surface area contributed by atoms with E-state index in [-0.39, 0.29) is 35.7 Å². The van der Waals surface area contributed by atoms with Gasteiger partial charge in [-0.3, -0.25) is 9.59 Å². The van der Waals surface area contributed by atoms with Gasteiger partial charge in [0.15, 0.2) is 0 Å². The number of piperidine rings is 1. The van der Waals surface area contributed by atoms with Crippen LogP contribution in [0.4, 0.5) is 0 Å². The molecule has 7 heteroatoms. The lowest BCUT2D eigenvalue weighted by Gasteiger charge is -2.36. The molecule has 2 amide bonds. The molecule has 1 atom stereocenters. The van der Waals surface area contributed by atoms with E-state index < -0.39 is 6.04 Å². The first-order chi connectivity index (χ1) is 11.2. The number of nitrogens with one attached hydrogen (secondary N) is 1. The molecular formula is C18H27BrClN3O2. The number of rotatable bonds is 3. The molecule has 0 spiro atoms. The highest BCUT2D eigenvalue weighted by atomic mass is 79.9. The van der Waals surface area contributed by atoms with Crippen LogP contribution in [0.2, 0.25) is 0 Å². The number of nitrogens with zero attached hydrogens (tertiary/aromatic N) is 1. The van der Waals surface area contributed by atoms with Crippen LogP contribution < -0.4 is 11.1 Å². The van der Waals surface area contributed by atoms with Gasteiger partial charge in [0.05, 0.1) is 6.04 Å². The van der Waals surface area contributed by atoms with E-state index in [9.17, 15) is 9.59 Å². The zero-order valence-corrected chi connectivity index (χ0v) is 17.3. The Balaban J connectivity index is 0.00000312. The van der Waals surface area contributed by atoms with Crippen LogP contribution in [0.15, 0.2) is 28.7 Å². The summed E-state index contributed by atoms with van der Waals surface area (Å²) >= 11 is 3.36. The van der Waals surface area contributed by atoms with Gasteiger partial charge in [-0.05, 0) is 42.5 Å². The number of carbonyl (C=O) groups excluding carboxylic acids is 2. The first kappa shape index (κ1) is 21.9. The van der Waals surface area contributed by atoms with E-state index in [1.54, 1.807) is 12.1 Å². The van der Waals surface area contributed by atoms with Crippen molar-refractivity contribution in [3.8, 4) is 0 Å². The molecule has 1 saturated heterocycles. The third-order valence-electron chi connectivity index (χ3n) is 4.45. The summed E-state index contributed by atoms with van der Waals surface area (Å²) in [4.78, 5) is 26.5. The maximum absolute atomic E-state index is 12.4. The lowest BCUT2D eigenvalue weighted by molar-refractivity contribution is -0.136. The lowest BCUT2D eigenvalue weighted by Crippen LogP contribution is -2.54. The van der Waals surface area contributed by atoms with Crippen molar-refractivity contribution in [3.05, 3.63) is 34.3 Å². The fourth-order valence-corrected chi connectivity index (χ4v) is 2.95. The Hall–Kier alpha value is -1.11. The maximum Gasteiger partial charge on any atom is 0.251 e. The molecule has 5 nitrogen and oxygen atoms in total. The van der Waals surface area contributed by atoms with Crippen LogP contribution in [0.1, 0.15) is 44.0 Å². The summed E-state index contributed by atoms with van der Waals surface area (Å²) in [6, 6.07) is 6.89. The van der Waals surface area contributed by atoms with E-state index in [0.29, 0.717) is 18.7 Å². The van der Waals surface area contributed by atoms with Crippen molar-refractivity contribution in [2.75, 3.05) is 13.1 Å². The lowest BCUT2D eigenvalue weighted by atomic mass is 9.86. The Morgan fingerprint density at radius 2 is 1.72 bits per heavy atom. The van der Waals surface area contributed by atoms with Crippen molar-refractivity contribution in [2.24, 2.45) is 11.1 Å². The van der Waals surface area contributed by atoms with Gasteiger partial charge in [-0.2, -0.15) is 0 Å². The molecular weight excluding hydrogens is 406 g/mol. The number of nitrogens with two attached hydrogens (primary N) is 1. The molecule has 25 heavy (non-hydrogen) atoms. The van der Waals surface area contributed by atoms with Gasteiger partial charge in [0, 0.05) is 29.2 Å². The van der Waals surface area contributed by atoms with Crippen molar-refractivity contribution in [1.82, 2.24) is 10.2 Å². The zero-order chi connectivity index (χ0) is 17.9. The van der Waals surface area contributed by atoms with Crippen molar-refractivity contribution >= 4 is 40.2 Å². The predicted molar refractivity (Wildman–Crippen MR) is 106 cm³/mol. The summed E-state index contributed by atoms with van der Waals surface area (Å²) in [6.45, 7) is 7.18.